The number of nitrogen functional groups attached to an aromatic ring is 1. The van der Waals surface area contributed by atoms with Crippen molar-refractivity contribution in [1.29, 1.82) is 0 Å². The average molecular weight is 255 g/mol. The lowest BCUT2D eigenvalue weighted by molar-refractivity contribution is 0.755. The van der Waals surface area contributed by atoms with Gasteiger partial charge in [0, 0.05) is 11.6 Å². The number of hydrogen-bond donors (Lipinski definition) is 1. The number of imidazole rings is 1. The van der Waals surface area contributed by atoms with Crippen LogP contribution in [-0.2, 0) is 6.42 Å². The molecular formula is C16H21N3. The Labute approximate surface area is 114 Å². The van der Waals surface area contributed by atoms with Crippen LogP contribution in [0.15, 0.2) is 30.3 Å². The molecule has 1 aromatic heterocycles. The summed E-state index contributed by atoms with van der Waals surface area (Å²) in [4.78, 5) is 4.82. The van der Waals surface area contributed by atoms with Crippen LogP contribution in [0.1, 0.15) is 44.3 Å². The highest BCUT2D eigenvalue weighted by Crippen LogP contribution is 2.41. The van der Waals surface area contributed by atoms with Crippen molar-refractivity contribution in [3.8, 4) is 11.4 Å². The molecule has 3 nitrogen and oxygen atoms in total. The maximum absolute atomic E-state index is 6.32. The van der Waals surface area contributed by atoms with Gasteiger partial charge in [-0.05, 0) is 25.7 Å². The molecule has 19 heavy (non-hydrogen) atoms. The van der Waals surface area contributed by atoms with Crippen LogP contribution in [0.25, 0.3) is 11.4 Å². The van der Waals surface area contributed by atoms with E-state index in [1.165, 1.54) is 24.8 Å². The zero-order valence-electron chi connectivity index (χ0n) is 11.5. The Bertz CT molecular complexity index is 553. The molecule has 1 aliphatic carbocycles. The first-order valence-electron chi connectivity index (χ1n) is 7.23. The summed E-state index contributed by atoms with van der Waals surface area (Å²) in [5, 5.41) is 0. The maximum Gasteiger partial charge on any atom is 0.142 e. The molecule has 0 amide bonds. The molecule has 0 aliphatic heterocycles. The number of anilines is 1. The highest BCUT2D eigenvalue weighted by molar-refractivity contribution is 5.61. The summed E-state index contributed by atoms with van der Waals surface area (Å²) in [7, 11) is 0. The van der Waals surface area contributed by atoms with Gasteiger partial charge in [0.15, 0.2) is 0 Å². The van der Waals surface area contributed by atoms with E-state index in [-0.39, 0.29) is 0 Å². The smallest absolute Gasteiger partial charge is 0.142 e. The van der Waals surface area contributed by atoms with Crippen LogP contribution in [0.3, 0.4) is 0 Å². The molecule has 1 saturated carbocycles. The van der Waals surface area contributed by atoms with Crippen LogP contribution in [-0.4, -0.2) is 9.55 Å². The Morgan fingerprint density at radius 2 is 2.00 bits per heavy atom. The van der Waals surface area contributed by atoms with E-state index in [0.29, 0.717) is 6.04 Å². The van der Waals surface area contributed by atoms with E-state index >= 15 is 0 Å². The molecule has 100 valence electrons. The highest BCUT2D eigenvalue weighted by Gasteiger charge is 2.29. The van der Waals surface area contributed by atoms with Crippen molar-refractivity contribution in [1.82, 2.24) is 9.55 Å². The van der Waals surface area contributed by atoms with Gasteiger partial charge in [-0.1, -0.05) is 43.7 Å². The van der Waals surface area contributed by atoms with Gasteiger partial charge in [-0.2, -0.15) is 0 Å². The van der Waals surface area contributed by atoms with Crippen molar-refractivity contribution in [2.75, 3.05) is 5.73 Å². The first kappa shape index (κ1) is 12.3. The van der Waals surface area contributed by atoms with Gasteiger partial charge in [0.1, 0.15) is 11.6 Å². The summed E-state index contributed by atoms with van der Waals surface area (Å²) in [5.74, 6) is 1.93. The topological polar surface area (TPSA) is 43.8 Å². The van der Waals surface area contributed by atoms with E-state index in [0.717, 1.165) is 30.2 Å². The second-order valence-electron chi connectivity index (χ2n) is 5.34. The molecule has 2 aromatic rings. The van der Waals surface area contributed by atoms with Crippen LogP contribution in [0.5, 0.6) is 0 Å². The van der Waals surface area contributed by atoms with Crippen LogP contribution >= 0.6 is 0 Å². The van der Waals surface area contributed by atoms with Gasteiger partial charge in [0.05, 0.1) is 5.69 Å². The summed E-state index contributed by atoms with van der Waals surface area (Å²) in [5.41, 5.74) is 8.57. The first-order chi connectivity index (χ1) is 9.31. The second-order valence-corrected chi connectivity index (χ2v) is 5.34. The van der Waals surface area contributed by atoms with E-state index in [1.54, 1.807) is 0 Å². The molecule has 3 rings (SSSR count). The monoisotopic (exact) mass is 255 g/mol. The molecule has 1 aliphatic rings. The van der Waals surface area contributed by atoms with Crippen molar-refractivity contribution in [2.24, 2.45) is 0 Å². The van der Waals surface area contributed by atoms with Crippen molar-refractivity contribution in [3.63, 3.8) is 0 Å². The zero-order valence-corrected chi connectivity index (χ0v) is 11.5. The van der Waals surface area contributed by atoms with Gasteiger partial charge in [0.2, 0.25) is 0 Å². The Balaban J connectivity index is 2.02. The zero-order chi connectivity index (χ0) is 13.2. The minimum absolute atomic E-state index is 0.568. The standard InChI is InChI=1S/C16H21N3/c1-2-3-9-14-15(17)19(13-10-11-13)16(18-14)12-7-5-4-6-8-12/h4-8,13H,2-3,9-11,17H2,1H3. The van der Waals surface area contributed by atoms with E-state index in [9.17, 15) is 0 Å². The fraction of sp³-hybridized carbons (Fsp3) is 0.438. The summed E-state index contributed by atoms with van der Waals surface area (Å²) in [6, 6.07) is 11.0. The quantitative estimate of drug-likeness (QED) is 0.883. The van der Waals surface area contributed by atoms with E-state index in [2.05, 4.69) is 35.8 Å². The summed E-state index contributed by atoms with van der Waals surface area (Å²) >= 11 is 0. The maximum atomic E-state index is 6.32. The number of nitrogens with two attached hydrogens (primary N) is 1. The molecule has 2 N–H and O–H groups in total. The summed E-state index contributed by atoms with van der Waals surface area (Å²) in [6.45, 7) is 2.20. The SMILES string of the molecule is CCCCc1nc(-c2ccccc2)n(C2CC2)c1N. The molecule has 0 atom stereocenters. The van der Waals surface area contributed by atoms with Gasteiger partial charge in [0.25, 0.3) is 0 Å². The minimum atomic E-state index is 0.568. The number of hydrogen-bond acceptors (Lipinski definition) is 2. The Kier molecular flexibility index (Phi) is 3.28. The van der Waals surface area contributed by atoms with E-state index < -0.39 is 0 Å². The fourth-order valence-corrected chi connectivity index (χ4v) is 2.51. The average Bonchev–Trinajstić information content (AvgIpc) is 3.22. The van der Waals surface area contributed by atoms with Gasteiger partial charge in [-0.3, -0.25) is 0 Å². The van der Waals surface area contributed by atoms with Crippen molar-refractivity contribution in [2.45, 2.75) is 45.1 Å². The Hall–Kier alpha value is -1.77. The minimum Gasteiger partial charge on any atom is -0.384 e. The third-order valence-electron chi connectivity index (χ3n) is 3.74. The first-order valence-corrected chi connectivity index (χ1v) is 7.23. The third kappa shape index (κ3) is 2.37. The molecule has 0 bridgehead atoms. The van der Waals surface area contributed by atoms with Crippen LogP contribution < -0.4 is 5.73 Å². The van der Waals surface area contributed by atoms with Gasteiger partial charge in [-0.15, -0.1) is 0 Å². The predicted octanol–water partition coefficient (Wildman–Crippen LogP) is 3.81. The number of nitrogens with zero attached hydrogens (tertiary/aromatic N) is 2. The van der Waals surface area contributed by atoms with Gasteiger partial charge >= 0.3 is 0 Å². The van der Waals surface area contributed by atoms with Crippen molar-refractivity contribution < 1.29 is 0 Å². The van der Waals surface area contributed by atoms with Crippen molar-refractivity contribution >= 4 is 5.82 Å². The molecule has 1 aromatic carbocycles. The largest absolute Gasteiger partial charge is 0.384 e. The predicted molar refractivity (Wildman–Crippen MR) is 79.0 cm³/mol. The number of aromatic nitrogens is 2. The van der Waals surface area contributed by atoms with E-state index in [1.807, 2.05) is 6.07 Å². The number of aryl methyl sites for hydroxylation is 1. The molecule has 0 radical (unpaired) electrons. The fourth-order valence-electron chi connectivity index (χ4n) is 2.51. The van der Waals surface area contributed by atoms with Crippen LogP contribution in [0.4, 0.5) is 5.82 Å². The third-order valence-corrected chi connectivity index (χ3v) is 3.74. The normalized spacial score (nSPS) is 14.8. The lowest BCUT2D eigenvalue weighted by Gasteiger charge is -2.08. The highest BCUT2D eigenvalue weighted by atomic mass is 15.2. The molecular weight excluding hydrogens is 234 g/mol. The lowest BCUT2D eigenvalue weighted by Crippen LogP contribution is -2.03. The number of unbranched alkanes of at least 4 members (excludes halogenated alkanes) is 1. The van der Waals surface area contributed by atoms with Crippen LogP contribution in [0, 0.1) is 0 Å². The van der Waals surface area contributed by atoms with Gasteiger partial charge in [-0.25, -0.2) is 4.98 Å². The molecule has 0 unspecified atom stereocenters. The van der Waals surface area contributed by atoms with E-state index in [4.69, 9.17) is 10.7 Å². The number of rotatable bonds is 5. The summed E-state index contributed by atoms with van der Waals surface area (Å²) in [6.07, 6.45) is 5.78. The summed E-state index contributed by atoms with van der Waals surface area (Å²) < 4.78 is 2.25. The van der Waals surface area contributed by atoms with Crippen molar-refractivity contribution in [3.05, 3.63) is 36.0 Å². The second kappa shape index (κ2) is 5.08. The van der Waals surface area contributed by atoms with Crippen LogP contribution in [0.2, 0.25) is 0 Å². The molecule has 3 heteroatoms. The molecule has 0 spiro atoms. The van der Waals surface area contributed by atoms with Gasteiger partial charge < -0.3 is 10.3 Å². The lowest BCUT2D eigenvalue weighted by atomic mass is 10.2. The number of benzene rings is 1. The molecule has 1 fully saturated rings. The molecule has 1 heterocycles. The Morgan fingerprint density at radius 3 is 2.63 bits per heavy atom. The Morgan fingerprint density at radius 1 is 1.26 bits per heavy atom. The molecule has 0 saturated heterocycles.